The van der Waals surface area contributed by atoms with Gasteiger partial charge in [0.05, 0.1) is 17.2 Å². The minimum atomic E-state index is -4.74. The van der Waals surface area contributed by atoms with E-state index in [0.717, 1.165) is 10.9 Å². The summed E-state index contributed by atoms with van der Waals surface area (Å²) >= 11 is 0. The molecule has 0 atom stereocenters. The van der Waals surface area contributed by atoms with Gasteiger partial charge in [0, 0.05) is 12.3 Å². The number of hydrogen-bond donors (Lipinski definition) is 0. The van der Waals surface area contributed by atoms with Crippen LogP contribution in [0.25, 0.3) is 5.69 Å². The molecule has 1 aromatic heterocycles. The average molecular weight is 362 g/mol. The zero-order valence-corrected chi connectivity index (χ0v) is 13.5. The van der Waals surface area contributed by atoms with E-state index in [9.17, 15) is 26.4 Å². The van der Waals surface area contributed by atoms with Crippen LogP contribution in [0.1, 0.15) is 23.1 Å². The minimum Gasteiger partial charge on any atom is -0.461 e. The van der Waals surface area contributed by atoms with Crippen LogP contribution >= 0.6 is 0 Å². The first-order valence-electron chi connectivity index (χ1n) is 6.69. The summed E-state index contributed by atoms with van der Waals surface area (Å²) in [4.78, 5) is 11.9. The summed E-state index contributed by atoms with van der Waals surface area (Å²) in [6, 6.07) is 5.53. The van der Waals surface area contributed by atoms with Crippen LogP contribution in [0.2, 0.25) is 0 Å². The Hall–Kier alpha value is -2.36. The molecule has 0 unspecified atom stereocenters. The van der Waals surface area contributed by atoms with Crippen molar-refractivity contribution in [3.63, 3.8) is 0 Å². The lowest BCUT2D eigenvalue weighted by molar-refractivity contribution is -0.141. The van der Waals surface area contributed by atoms with Crippen molar-refractivity contribution in [1.29, 1.82) is 0 Å². The molecule has 1 heterocycles. The maximum atomic E-state index is 12.9. The first-order chi connectivity index (χ1) is 11.0. The quantitative estimate of drug-likeness (QED) is 0.781. The topological polar surface area (TPSA) is 78.3 Å². The number of rotatable bonds is 4. The number of aromatic nitrogens is 2. The van der Waals surface area contributed by atoms with E-state index in [0.29, 0.717) is 6.07 Å². The largest absolute Gasteiger partial charge is 0.461 e. The van der Waals surface area contributed by atoms with E-state index >= 15 is 0 Å². The molecule has 0 fully saturated rings. The van der Waals surface area contributed by atoms with Gasteiger partial charge in [-0.2, -0.15) is 18.3 Å². The fourth-order valence-corrected chi connectivity index (χ4v) is 2.53. The number of carbonyl (C=O) groups excluding carboxylic acids is 1. The Morgan fingerprint density at radius 2 is 1.83 bits per heavy atom. The van der Waals surface area contributed by atoms with Gasteiger partial charge in [0.2, 0.25) is 0 Å². The minimum absolute atomic E-state index is 0.00728. The Morgan fingerprint density at radius 3 is 2.29 bits per heavy atom. The van der Waals surface area contributed by atoms with Gasteiger partial charge in [0.1, 0.15) is 0 Å². The Labute approximate surface area is 135 Å². The summed E-state index contributed by atoms with van der Waals surface area (Å²) in [5, 5.41) is 3.39. The Morgan fingerprint density at radius 1 is 1.25 bits per heavy atom. The molecule has 0 saturated heterocycles. The van der Waals surface area contributed by atoms with E-state index in [2.05, 4.69) is 5.10 Å². The highest BCUT2D eigenvalue weighted by Crippen LogP contribution is 2.30. The molecule has 2 rings (SSSR count). The molecule has 0 bridgehead atoms. The summed E-state index contributed by atoms with van der Waals surface area (Å²) in [6.45, 7) is 1.50. The summed E-state index contributed by atoms with van der Waals surface area (Å²) in [7, 11) is -3.46. The van der Waals surface area contributed by atoms with E-state index in [1.54, 1.807) is 0 Å². The molecule has 1 aromatic carbocycles. The maximum Gasteiger partial charge on any atom is 0.435 e. The van der Waals surface area contributed by atoms with E-state index in [1.165, 1.54) is 31.2 Å². The number of sulfone groups is 1. The molecule has 130 valence electrons. The van der Waals surface area contributed by atoms with Crippen LogP contribution in [0.3, 0.4) is 0 Å². The van der Waals surface area contributed by atoms with Crippen LogP contribution in [0.5, 0.6) is 0 Å². The second-order valence-corrected chi connectivity index (χ2v) is 6.83. The second kappa shape index (κ2) is 6.27. The van der Waals surface area contributed by atoms with Crippen molar-refractivity contribution in [3.05, 3.63) is 41.7 Å². The van der Waals surface area contributed by atoms with Crippen LogP contribution in [0, 0.1) is 0 Å². The number of halogens is 3. The van der Waals surface area contributed by atoms with Gasteiger partial charge in [-0.3, -0.25) is 0 Å². The molecule has 0 aliphatic heterocycles. The third-order valence-electron chi connectivity index (χ3n) is 2.99. The van der Waals surface area contributed by atoms with Crippen LogP contribution < -0.4 is 0 Å². The lowest BCUT2D eigenvalue weighted by Crippen LogP contribution is -2.12. The maximum absolute atomic E-state index is 12.9. The number of esters is 1. The fraction of sp³-hybridized carbons (Fsp3) is 0.286. The zero-order valence-electron chi connectivity index (χ0n) is 12.7. The third kappa shape index (κ3) is 3.75. The molecule has 0 aliphatic rings. The smallest absolute Gasteiger partial charge is 0.435 e. The Balaban J connectivity index is 2.55. The molecule has 0 radical (unpaired) electrons. The molecule has 6 nitrogen and oxygen atoms in total. The van der Waals surface area contributed by atoms with Crippen molar-refractivity contribution in [3.8, 4) is 5.69 Å². The molecule has 0 N–H and O–H groups in total. The fourth-order valence-electron chi connectivity index (χ4n) is 1.90. The zero-order chi connectivity index (χ0) is 18.1. The van der Waals surface area contributed by atoms with Crippen molar-refractivity contribution < 1.29 is 31.1 Å². The standard InChI is InChI=1S/C14H13F3N2O4S/c1-3-23-13(20)11-8-12(14(15,16)17)18-19(11)9-4-6-10(7-5-9)24(2,21)22/h4-8H,3H2,1-2H3. The molecule has 10 heteroatoms. The highest BCUT2D eigenvalue weighted by atomic mass is 32.2. The molecule has 0 aliphatic carbocycles. The van der Waals surface area contributed by atoms with Gasteiger partial charge in [-0.1, -0.05) is 0 Å². The number of ether oxygens (including phenoxy) is 1. The number of hydrogen-bond acceptors (Lipinski definition) is 5. The van der Waals surface area contributed by atoms with Crippen LogP contribution in [-0.4, -0.2) is 37.0 Å². The first-order valence-corrected chi connectivity index (χ1v) is 8.58. The monoisotopic (exact) mass is 362 g/mol. The van der Waals surface area contributed by atoms with Crippen LogP contribution in [-0.2, 0) is 20.8 Å². The number of carbonyl (C=O) groups is 1. The second-order valence-electron chi connectivity index (χ2n) is 4.81. The third-order valence-corrected chi connectivity index (χ3v) is 4.12. The summed E-state index contributed by atoms with van der Waals surface area (Å²) in [5.41, 5.74) is -1.56. The van der Waals surface area contributed by atoms with Crippen molar-refractivity contribution in [2.24, 2.45) is 0 Å². The molecular weight excluding hydrogens is 349 g/mol. The number of benzene rings is 1. The average Bonchev–Trinajstić information content (AvgIpc) is 2.92. The lowest BCUT2D eigenvalue weighted by Gasteiger charge is -2.07. The highest BCUT2D eigenvalue weighted by Gasteiger charge is 2.36. The predicted octanol–water partition coefficient (Wildman–Crippen LogP) is 2.47. The summed E-state index contributed by atoms with van der Waals surface area (Å²) in [5.74, 6) is -0.965. The van der Waals surface area contributed by atoms with Gasteiger partial charge >= 0.3 is 12.1 Å². The molecular formula is C14H13F3N2O4S. The molecule has 2 aromatic rings. The van der Waals surface area contributed by atoms with E-state index < -0.39 is 33.4 Å². The number of nitrogens with zero attached hydrogens (tertiary/aromatic N) is 2. The highest BCUT2D eigenvalue weighted by molar-refractivity contribution is 7.90. The van der Waals surface area contributed by atoms with Gasteiger partial charge in [-0.15, -0.1) is 0 Å². The van der Waals surface area contributed by atoms with Gasteiger partial charge in [0.25, 0.3) is 0 Å². The van der Waals surface area contributed by atoms with Gasteiger partial charge in [-0.05, 0) is 31.2 Å². The Kier molecular flexibility index (Phi) is 4.70. The van der Waals surface area contributed by atoms with E-state index in [-0.39, 0.29) is 17.2 Å². The molecule has 0 saturated carbocycles. The van der Waals surface area contributed by atoms with Crippen LogP contribution in [0.4, 0.5) is 13.2 Å². The predicted molar refractivity (Wildman–Crippen MR) is 77.6 cm³/mol. The van der Waals surface area contributed by atoms with E-state index in [4.69, 9.17) is 4.74 Å². The van der Waals surface area contributed by atoms with Crippen LogP contribution in [0.15, 0.2) is 35.2 Å². The SMILES string of the molecule is CCOC(=O)c1cc(C(F)(F)F)nn1-c1ccc(S(C)(=O)=O)cc1. The molecule has 0 amide bonds. The van der Waals surface area contributed by atoms with Gasteiger partial charge in [-0.25, -0.2) is 17.9 Å². The molecule has 24 heavy (non-hydrogen) atoms. The number of alkyl halides is 3. The summed E-state index contributed by atoms with van der Waals surface area (Å²) < 4.78 is 66.9. The lowest BCUT2D eigenvalue weighted by atomic mass is 10.3. The van der Waals surface area contributed by atoms with E-state index in [1.807, 2.05) is 0 Å². The van der Waals surface area contributed by atoms with Crippen molar-refractivity contribution in [2.45, 2.75) is 18.0 Å². The summed E-state index contributed by atoms with van der Waals surface area (Å²) in [6.07, 6.45) is -3.74. The first kappa shape index (κ1) is 18.0. The van der Waals surface area contributed by atoms with Crippen molar-refractivity contribution in [1.82, 2.24) is 9.78 Å². The molecule has 0 spiro atoms. The van der Waals surface area contributed by atoms with Crippen molar-refractivity contribution in [2.75, 3.05) is 12.9 Å². The normalized spacial score (nSPS) is 12.2. The van der Waals surface area contributed by atoms with Gasteiger partial charge in [0.15, 0.2) is 21.2 Å². The van der Waals surface area contributed by atoms with Gasteiger partial charge < -0.3 is 4.74 Å². The Bertz CT molecular complexity index is 855. The van der Waals surface area contributed by atoms with Crippen molar-refractivity contribution >= 4 is 15.8 Å².